The molecule has 4 nitrogen and oxygen atoms in total. The van der Waals surface area contributed by atoms with Crippen molar-refractivity contribution in [3.05, 3.63) is 69.5 Å². The summed E-state index contributed by atoms with van der Waals surface area (Å²) >= 11 is 0. The van der Waals surface area contributed by atoms with Gasteiger partial charge in [0.1, 0.15) is 5.69 Å². The topological polar surface area (TPSA) is 46.4 Å². The van der Waals surface area contributed by atoms with Crippen LogP contribution in [0.4, 0.5) is 15.8 Å². The van der Waals surface area contributed by atoms with Crippen molar-refractivity contribution < 1.29 is 9.31 Å². The van der Waals surface area contributed by atoms with E-state index in [4.69, 9.17) is 0 Å². The summed E-state index contributed by atoms with van der Waals surface area (Å²) < 4.78 is 13.6. The Kier molecular flexibility index (Phi) is 3.98. The first kappa shape index (κ1) is 14.0. The second-order valence-corrected chi connectivity index (χ2v) is 4.71. The summed E-state index contributed by atoms with van der Waals surface area (Å²) in [6, 6.07) is 12.0. The standard InChI is InChI=1S/C15H15FN2O2/c1-11-6-8-12(9-7-11)10-17(2)14-5-3-4-13(16)15(14)18(19)20/h3-9H,10H2,1-2H3. The van der Waals surface area contributed by atoms with Crippen LogP contribution in [0.3, 0.4) is 0 Å². The van der Waals surface area contributed by atoms with Gasteiger partial charge in [-0.1, -0.05) is 35.9 Å². The van der Waals surface area contributed by atoms with Gasteiger partial charge in [0.2, 0.25) is 5.82 Å². The Bertz CT molecular complexity index is 626. The van der Waals surface area contributed by atoms with Gasteiger partial charge in [0.05, 0.1) is 4.92 Å². The molecular formula is C15H15FN2O2. The van der Waals surface area contributed by atoms with Crippen LogP contribution in [0.25, 0.3) is 0 Å². The number of halogens is 1. The predicted octanol–water partition coefficient (Wildman–Crippen LogP) is 3.68. The minimum atomic E-state index is -0.816. The van der Waals surface area contributed by atoms with Crippen molar-refractivity contribution in [2.24, 2.45) is 0 Å². The third-order valence-electron chi connectivity index (χ3n) is 3.10. The molecule has 0 aliphatic carbocycles. The maximum atomic E-state index is 13.6. The highest BCUT2D eigenvalue weighted by atomic mass is 19.1. The molecule has 0 unspecified atom stereocenters. The largest absolute Gasteiger partial charge is 0.365 e. The number of nitrogens with zero attached hydrogens (tertiary/aromatic N) is 2. The van der Waals surface area contributed by atoms with Gasteiger partial charge >= 0.3 is 5.69 Å². The fraction of sp³-hybridized carbons (Fsp3) is 0.200. The van der Waals surface area contributed by atoms with Crippen LogP contribution in [0, 0.1) is 22.9 Å². The number of aryl methyl sites for hydroxylation is 1. The van der Waals surface area contributed by atoms with Crippen molar-refractivity contribution in [1.82, 2.24) is 0 Å². The molecule has 2 rings (SSSR count). The van der Waals surface area contributed by atoms with Gasteiger partial charge in [-0.05, 0) is 24.6 Å². The summed E-state index contributed by atoms with van der Waals surface area (Å²) in [7, 11) is 1.71. The summed E-state index contributed by atoms with van der Waals surface area (Å²) in [5.74, 6) is -0.816. The van der Waals surface area contributed by atoms with E-state index in [0.717, 1.165) is 17.2 Å². The monoisotopic (exact) mass is 274 g/mol. The van der Waals surface area contributed by atoms with E-state index < -0.39 is 16.4 Å². The molecule has 0 radical (unpaired) electrons. The summed E-state index contributed by atoms with van der Waals surface area (Å²) in [6.45, 7) is 2.47. The molecule has 0 spiro atoms. The molecule has 0 aliphatic heterocycles. The van der Waals surface area contributed by atoms with E-state index in [2.05, 4.69) is 0 Å². The summed E-state index contributed by atoms with van der Waals surface area (Å²) in [6.07, 6.45) is 0. The van der Waals surface area contributed by atoms with Crippen LogP contribution in [0.15, 0.2) is 42.5 Å². The first-order valence-electron chi connectivity index (χ1n) is 6.18. The number of nitro benzene ring substituents is 1. The first-order chi connectivity index (χ1) is 9.49. The second-order valence-electron chi connectivity index (χ2n) is 4.71. The molecule has 0 saturated carbocycles. The molecule has 0 N–H and O–H groups in total. The normalized spacial score (nSPS) is 10.3. The highest BCUT2D eigenvalue weighted by molar-refractivity contribution is 5.63. The van der Waals surface area contributed by atoms with E-state index in [0.29, 0.717) is 6.54 Å². The quantitative estimate of drug-likeness (QED) is 0.631. The van der Waals surface area contributed by atoms with Gasteiger partial charge in [-0.2, -0.15) is 4.39 Å². The molecule has 0 saturated heterocycles. The Balaban J connectivity index is 2.29. The van der Waals surface area contributed by atoms with Gasteiger partial charge in [0, 0.05) is 13.6 Å². The highest BCUT2D eigenvalue weighted by Crippen LogP contribution is 2.30. The third kappa shape index (κ3) is 2.93. The lowest BCUT2D eigenvalue weighted by molar-refractivity contribution is -0.386. The van der Waals surface area contributed by atoms with Crippen molar-refractivity contribution in [2.75, 3.05) is 11.9 Å². The van der Waals surface area contributed by atoms with E-state index in [1.54, 1.807) is 18.0 Å². The lowest BCUT2D eigenvalue weighted by atomic mass is 10.1. The minimum absolute atomic E-state index is 0.274. The van der Waals surface area contributed by atoms with Crippen molar-refractivity contribution in [2.45, 2.75) is 13.5 Å². The molecule has 5 heteroatoms. The van der Waals surface area contributed by atoms with Gasteiger partial charge < -0.3 is 4.90 Å². The first-order valence-corrected chi connectivity index (χ1v) is 6.18. The van der Waals surface area contributed by atoms with E-state index in [1.807, 2.05) is 31.2 Å². The molecule has 20 heavy (non-hydrogen) atoms. The van der Waals surface area contributed by atoms with Crippen LogP contribution < -0.4 is 4.90 Å². The van der Waals surface area contributed by atoms with Crippen LogP contribution in [-0.4, -0.2) is 12.0 Å². The molecule has 0 fully saturated rings. The van der Waals surface area contributed by atoms with Crippen LogP contribution >= 0.6 is 0 Å². The van der Waals surface area contributed by atoms with E-state index in [-0.39, 0.29) is 5.69 Å². The number of hydrogen-bond acceptors (Lipinski definition) is 3. The molecule has 0 atom stereocenters. The van der Waals surface area contributed by atoms with Crippen LogP contribution in [0.5, 0.6) is 0 Å². The summed E-state index contributed by atoms with van der Waals surface area (Å²) in [4.78, 5) is 12.0. The average Bonchev–Trinajstić information content (AvgIpc) is 2.40. The molecule has 104 valence electrons. The maximum Gasteiger partial charge on any atom is 0.327 e. The van der Waals surface area contributed by atoms with E-state index in [1.165, 1.54) is 6.07 Å². The van der Waals surface area contributed by atoms with Crippen LogP contribution in [-0.2, 0) is 6.54 Å². The smallest absolute Gasteiger partial charge is 0.327 e. The summed E-state index contributed by atoms with van der Waals surface area (Å²) in [5, 5.41) is 11.0. The van der Waals surface area contributed by atoms with Gasteiger partial charge in [-0.15, -0.1) is 0 Å². The number of benzene rings is 2. The van der Waals surface area contributed by atoms with Crippen molar-refractivity contribution in [1.29, 1.82) is 0 Å². The zero-order valence-corrected chi connectivity index (χ0v) is 11.3. The molecule has 0 aliphatic rings. The lowest BCUT2D eigenvalue weighted by Crippen LogP contribution is -2.18. The predicted molar refractivity (Wildman–Crippen MR) is 76.3 cm³/mol. The van der Waals surface area contributed by atoms with Gasteiger partial charge in [0.25, 0.3) is 0 Å². The third-order valence-corrected chi connectivity index (χ3v) is 3.10. The number of anilines is 1. The van der Waals surface area contributed by atoms with Gasteiger partial charge in [-0.25, -0.2) is 0 Å². The van der Waals surface area contributed by atoms with E-state index in [9.17, 15) is 14.5 Å². The van der Waals surface area contributed by atoms with Crippen molar-refractivity contribution >= 4 is 11.4 Å². The molecule has 2 aromatic carbocycles. The minimum Gasteiger partial charge on any atom is -0.365 e. The zero-order chi connectivity index (χ0) is 14.7. The number of para-hydroxylation sites is 1. The SMILES string of the molecule is Cc1ccc(CN(C)c2cccc(F)c2[N+](=O)[O-])cc1. The van der Waals surface area contributed by atoms with Gasteiger partial charge in [0.15, 0.2) is 0 Å². The van der Waals surface area contributed by atoms with Crippen molar-refractivity contribution in [3.8, 4) is 0 Å². The fourth-order valence-electron chi connectivity index (χ4n) is 2.05. The average molecular weight is 274 g/mol. The van der Waals surface area contributed by atoms with Crippen molar-refractivity contribution in [3.63, 3.8) is 0 Å². The highest BCUT2D eigenvalue weighted by Gasteiger charge is 2.22. The molecule has 2 aromatic rings. The number of nitro groups is 1. The van der Waals surface area contributed by atoms with Crippen LogP contribution in [0.2, 0.25) is 0 Å². The Hall–Kier alpha value is -2.43. The number of hydrogen-bond donors (Lipinski definition) is 0. The maximum absolute atomic E-state index is 13.6. The molecule has 0 amide bonds. The Labute approximate surface area is 116 Å². The number of rotatable bonds is 4. The Morgan fingerprint density at radius 1 is 1.20 bits per heavy atom. The van der Waals surface area contributed by atoms with E-state index >= 15 is 0 Å². The lowest BCUT2D eigenvalue weighted by Gasteiger charge is -2.19. The second kappa shape index (κ2) is 5.69. The molecule has 0 heterocycles. The molecular weight excluding hydrogens is 259 g/mol. The Morgan fingerprint density at radius 3 is 2.45 bits per heavy atom. The Morgan fingerprint density at radius 2 is 1.85 bits per heavy atom. The molecule has 0 bridgehead atoms. The van der Waals surface area contributed by atoms with Crippen LogP contribution in [0.1, 0.15) is 11.1 Å². The summed E-state index contributed by atoms with van der Waals surface area (Å²) in [5.41, 5.74) is 1.95. The molecule has 0 aromatic heterocycles. The fourth-order valence-corrected chi connectivity index (χ4v) is 2.05. The zero-order valence-electron chi connectivity index (χ0n) is 11.3. The van der Waals surface area contributed by atoms with Gasteiger partial charge in [-0.3, -0.25) is 10.1 Å².